The van der Waals surface area contributed by atoms with Gasteiger partial charge in [0.25, 0.3) is 6.26 Å². The number of ether oxygens (including phenoxy) is 1. The van der Waals surface area contributed by atoms with Crippen LogP contribution in [0.15, 0.2) is 30.5 Å². The highest BCUT2D eigenvalue weighted by molar-refractivity contribution is 9.08. The van der Waals surface area contributed by atoms with Crippen LogP contribution >= 0.6 is 16.1 Å². The first-order valence-electron chi connectivity index (χ1n) is 3.65. The van der Waals surface area contributed by atoms with Gasteiger partial charge in [0.15, 0.2) is 5.75 Å². The normalized spacial score (nSPS) is 9.85. The number of aromatic nitrogens is 1. The summed E-state index contributed by atoms with van der Waals surface area (Å²) in [6, 6.07) is 7.67. The number of hydrogen-bond donors (Lipinski definition) is 0. The van der Waals surface area contributed by atoms with Gasteiger partial charge >= 0.3 is 0 Å². The molecular weight excluding hydrogens is 232 g/mol. The Balaban J connectivity index is 2.72. The van der Waals surface area contributed by atoms with E-state index in [1.54, 1.807) is 16.0 Å². The van der Waals surface area contributed by atoms with Crippen molar-refractivity contribution in [3.63, 3.8) is 0 Å². The fourth-order valence-corrected chi connectivity index (χ4v) is 1.74. The predicted molar refractivity (Wildman–Crippen MR) is 52.5 cm³/mol. The molecule has 0 saturated carbocycles. The topological polar surface area (TPSA) is 37.9 Å². The van der Waals surface area contributed by atoms with Crippen molar-refractivity contribution in [2.75, 3.05) is 0 Å². The molecule has 0 unspecified atom stereocenters. The molecule has 13 heavy (non-hydrogen) atoms. The van der Waals surface area contributed by atoms with Gasteiger partial charge in [0.2, 0.25) is 0 Å². The molecule has 3 nitrogen and oxygen atoms in total. The van der Waals surface area contributed by atoms with Crippen LogP contribution in [0.1, 0.15) is 0 Å². The van der Waals surface area contributed by atoms with Crippen LogP contribution in [0.25, 0.3) is 10.9 Å². The van der Waals surface area contributed by atoms with E-state index in [1.807, 2.05) is 24.3 Å². The molecule has 0 N–H and O–H groups in total. The molecule has 4 heteroatoms. The Morgan fingerprint density at radius 3 is 2.92 bits per heavy atom. The zero-order chi connectivity index (χ0) is 9.26. The molecule has 0 saturated heterocycles. The molecule has 0 radical (unpaired) electrons. The van der Waals surface area contributed by atoms with Gasteiger partial charge in [-0.2, -0.15) is 0 Å². The first kappa shape index (κ1) is 8.14. The van der Waals surface area contributed by atoms with E-state index in [0.717, 1.165) is 10.9 Å². The lowest BCUT2D eigenvalue weighted by Crippen LogP contribution is -1.77. The summed E-state index contributed by atoms with van der Waals surface area (Å²) in [5.41, 5.74) is 0.979. The van der Waals surface area contributed by atoms with Crippen LogP contribution < -0.4 is 4.74 Å². The highest BCUT2D eigenvalue weighted by atomic mass is 79.9. The lowest BCUT2D eigenvalue weighted by Gasteiger charge is -1.91. The molecule has 64 valence electrons. The van der Waals surface area contributed by atoms with Crippen LogP contribution in [0, 0.1) is 11.5 Å². The lowest BCUT2D eigenvalue weighted by molar-refractivity contribution is 0.513. The maximum atomic E-state index is 8.39. The molecule has 1 aromatic heterocycles. The smallest absolute Gasteiger partial charge is 0.292 e. The van der Waals surface area contributed by atoms with Crippen molar-refractivity contribution >= 4 is 27.1 Å². The number of nitrogens with zero attached hydrogens (tertiary/aromatic N) is 2. The molecular formula is C9H5BrN2O. The third kappa shape index (κ3) is 1.27. The van der Waals surface area contributed by atoms with Crippen molar-refractivity contribution in [3.05, 3.63) is 30.5 Å². The molecule has 1 aromatic carbocycles. The summed E-state index contributed by atoms with van der Waals surface area (Å²) >= 11 is 3.31. The number of rotatable bonds is 1. The van der Waals surface area contributed by atoms with E-state index in [0.29, 0.717) is 5.75 Å². The molecule has 0 spiro atoms. The fraction of sp³-hybridized carbons (Fsp3) is 0. The van der Waals surface area contributed by atoms with Crippen LogP contribution in [0.4, 0.5) is 0 Å². The second-order valence-corrected chi connectivity index (χ2v) is 3.28. The maximum Gasteiger partial charge on any atom is 0.292 e. The van der Waals surface area contributed by atoms with Crippen LogP contribution in [0.3, 0.4) is 0 Å². The van der Waals surface area contributed by atoms with E-state index in [-0.39, 0.29) is 0 Å². The third-order valence-electron chi connectivity index (χ3n) is 1.79. The average Bonchev–Trinajstić information content (AvgIpc) is 2.46. The Hall–Kier alpha value is -1.47. The Bertz CT molecular complexity index is 484. The van der Waals surface area contributed by atoms with Crippen molar-refractivity contribution in [1.82, 2.24) is 3.59 Å². The van der Waals surface area contributed by atoms with Crippen molar-refractivity contribution < 1.29 is 4.74 Å². The van der Waals surface area contributed by atoms with Crippen molar-refractivity contribution in [3.8, 4) is 12.0 Å². The molecule has 2 aromatic rings. The summed E-state index contributed by atoms with van der Waals surface area (Å²) in [7, 11) is 0. The van der Waals surface area contributed by atoms with E-state index in [4.69, 9.17) is 10.00 Å². The summed E-state index contributed by atoms with van der Waals surface area (Å²) in [5.74, 6) is 0.565. The maximum absolute atomic E-state index is 8.39. The SMILES string of the molecule is N#COc1cn(Br)c2ccccc12. The Morgan fingerprint density at radius 2 is 2.15 bits per heavy atom. The number of halogens is 1. The average molecular weight is 237 g/mol. The Labute approximate surface area is 83.5 Å². The highest BCUT2D eigenvalue weighted by Gasteiger charge is 2.06. The largest absolute Gasteiger partial charge is 0.386 e. The van der Waals surface area contributed by atoms with Gasteiger partial charge in [-0.05, 0) is 12.1 Å². The van der Waals surface area contributed by atoms with Gasteiger partial charge in [-0.1, -0.05) is 12.1 Å². The molecule has 2 rings (SSSR count). The molecule has 0 atom stereocenters. The summed E-state index contributed by atoms with van der Waals surface area (Å²) in [6.45, 7) is 0. The second-order valence-electron chi connectivity index (χ2n) is 2.52. The number of para-hydroxylation sites is 1. The fourth-order valence-electron chi connectivity index (χ4n) is 1.24. The summed E-state index contributed by atoms with van der Waals surface area (Å²) in [6.07, 6.45) is 3.37. The Morgan fingerprint density at radius 1 is 1.38 bits per heavy atom. The molecule has 0 aliphatic heterocycles. The van der Waals surface area contributed by atoms with Gasteiger partial charge < -0.3 is 4.74 Å². The first-order valence-corrected chi connectivity index (χ1v) is 4.36. The van der Waals surface area contributed by atoms with Crippen LogP contribution in [-0.2, 0) is 0 Å². The van der Waals surface area contributed by atoms with Gasteiger partial charge in [-0.3, -0.25) is 3.59 Å². The number of hydrogen-bond acceptors (Lipinski definition) is 2. The standard InChI is InChI=1S/C9H5BrN2O/c10-12-5-9(13-6-11)7-3-1-2-4-8(7)12/h1-5H. The third-order valence-corrected chi connectivity index (χ3v) is 2.37. The minimum Gasteiger partial charge on any atom is -0.386 e. The van der Waals surface area contributed by atoms with E-state index in [2.05, 4.69) is 16.1 Å². The van der Waals surface area contributed by atoms with Gasteiger partial charge in [0.05, 0.1) is 27.9 Å². The van der Waals surface area contributed by atoms with Crippen molar-refractivity contribution in [1.29, 1.82) is 5.26 Å². The van der Waals surface area contributed by atoms with Gasteiger partial charge in [-0.25, -0.2) is 0 Å². The van der Waals surface area contributed by atoms with Crippen molar-refractivity contribution in [2.45, 2.75) is 0 Å². The monoisotopic (exact) mass is 236 g/mol. The van der Waals surface area contributed by atoms with Crippen LogP contribution in [0.2, 0.25) is 0 Å². The summed E-state index contributed by atoms with van der Waals surface area (Å²) in [4.78, 5) is 0. The molecule has 1 heterocycles. The van der Waals surface area contributed by atoms with Gasteiger partial charge in [-0.15, -0.1) is 5.26 Å². The minimum atomic E-state index is 0.565. The summed E-state index contributed by atoms with van der Waals surface area (Å²) in [5, 5.41) is 9.31. The van der Waals surface area contributed by atoms with E-state index >= 15 is 0 Å². The molecule has 0 aliphatic carbocycles. The zero-order valence-electron chi connectivity index (χ0n) is 6.57. The molecule has 0 fully saturated rings. The summed E-state index contributed by atoms with van der Waals surface area (Å²) < 4.78 is 6.54. The van der Waals surface area contributed by atoms with E-state index in [1.165, 1.54) is 0 Å². The van der Waals surface area contributed by atoms with Gasteiger partial charge in [0.1, 0.15) is 0 Å². The highest BCUT2D eigenvalue weighted by Crippen LogP contribution is 2.28. The van der Waals surface area contributed by atoms with E-state index < -0.39 is 0 Å². The molecule has 0 amide bonds. The minimum absolute atomic E-state index is 0.565. The second kappa shape index (κ2) is 3.11. The number of fused-ring (bicyclic) bond motifs is 1. The van der Waals surface area contributed by atoms with Crippen LogP contribution in [0.5, 0.6) is 5.75 Å². The quantitative estimate of drug-likeness (QED) is 0.715. The van der Waals surface area contributed by atoms with Gasteiger partial charge in [0, 0.05) is 5.39 Å². The van der Waals surface area contributed by atoms with Crippen molar-refractivity contribution in [2.24, 2.45) is 0 Å². The molecule has 0 bridgehead atoms. The molecule has 0 aliphatic rings. The Kier molecular flexibility index (Phi) is 1.95. The number of benzene rings is 1. The lowest BCUT2D eigenvalue weighted by atomic mass is 10.2. The van der Waals surface area contributed by atoms with Crippen LogP contribution in [-0.4, -0.2) is 3.59 Å². The first-order chi connectivity index (χ1) is 6.33. The predicted octanol–water partition coefficient (Wildman–Crippen LogP) is 2.66. The van der Waals surface area contributed by atoms with E-state index in [9.17, 15) is 0 Å². The zero-order valence-corrected chi connectivity index (χ0v) is 8.15. The number of nitriles is 1.